The lowest BCUT2D eigenvalue weighted by molar-refractivity contribution is -0.271. The Morgan fingerprint density at radius 2 is 1.07 bits per heavy atom. The Balaban J connectivity index is 0.516. The summed E-state index contributed by atoms with van der Waals surface area (Å²) in [6.45, 7) is 11.2. The van der Waals surface area contributed by atoms with Crippen LogP contribution in [-0.2, 0) is 167 Å². The van der Waals surface area contributed by atoms with E-state index in [4.69, 9.17) is 129 Å². The predicted octanol–water partition coefficient (Wildman–Crippen LogP) is -3.87. The number of aliphatic carboxylic acids is 1. The van der Waals surface area contributed by atoms with Gasteiger partial charge in [0.15, 0.2) is 30.7 Å². The van der Waals surface area contributed by atoms with Gasteiger partial charge in [0.2, 0.25) is 41.6 Å². The van der Waals surface area contributed by atoms with Gasteiger partial charge in [-0.2, -0.15) is 0 Å². The highest BCUT2D eigenvalue weighted by molar-refractivity contribution is 6.31. The minimum atomic E-state index is -2.50. The molecule has 52 heteroatoms. The number of phenols is 2. The maximum Gasteiger partial charge on any atom is 0.407 e. The van der Waals surface area contributed by atoms with Gasteiger partial charge in [0.1, 0.15) is 90.1 Å². The molecule has 8 aliphatic heterocycles. The van der Waals surface area contributed by atoms with Crippen molar-refractivity contribution in [2.45, 2.75) is 212 Å². The molecule has 22 atom stereocenters. The number of aromatic hydroxyl groups is 2. The van der Waals surface area contributed by atoms with Crippen LogP contribution in [0.25, 0.3) is 0 Å². The zero-order valence-corrected chi connectivity index (χ0v) is 84.6. The molecule has 7 amide bonds. The molecule has 0 saturated carbocycles. The smallest absolute Gasteiger partial charge is 0.407 e. The van der Waals surface area contributed by atoms with Gasteiger partial charge < -0.3 is 202 Å². The number of phenolic OH excluding ortho intramolecular Hbond substituents is 2. The van der Waals surface area contributed by atoms with E-state index in [2.05, 4.69) is 42.1 Å². The Labute approximate surface area is 865 Å². The number of morpholine rings is 1. The molecule has 8 saturated heterocycles. The second-order valence-corrected chi connectivity index (χ2v) is 36.9. The third kappa shape index (κ3) is 32.4. The van der Waals surface area contributed by atoms with E-state index in [9.17, 15) is 83.7 Å². The van der Waals surface area contributed by atoms with Crippen molar-refractivity contribution in [3.8, 4) is 23.0 Å². The van der Waals surface area contributed by atoms with Gasteiger partial charge in [-0.05, 0) is 43.5 Å². The monoisotopic (exact) mass is 2130 g/mol. The maximum absolute atomic E-state index is 15.0. The van der Waals surface area contributed by atoms with E-state index in [0.717, 1.165) is 0 Å². The average Bonchev–Trinajstić information content (AvgIpc) is 0.914. The van der Waals surface area contributed by atoms with E-state index in [0.29, 0.717) is 145 Å². The van der Waals surface area contributed by atoms with Gasteiger partial charge in [0.25, 0.3) is 5.91 Å². The second kappa shape index (κ2) is 59.9. The van der Waals surface area contributed by atoms with Gasteiger partial charge >= 0.3 is 12.1 Å². The van der Waals surface area contributed by atoms with Gasteiger partial charge in [-0.3, -0.25) is 43.3 Å². The first-order valence-electron chi connectivity index (χ1n) is 50.6. The minimum absolute atomic E-state index is 0.0154. The largest absolute Gasteiger partial charge is 0.507 e. The average molecular weight is 2140 g/mol. The number of carboxylic acid groups (broad SMARTS) is 1. The number of nitrogens with one attached hydrogen (secondary N) is 7. The first kappa shape index (κ1) is 118. The number of amides is 7. The van der Waals surface area contributed by atoms with E-state index in [1.54, 1.807) is 14.0 Å². The fourth-order valence-corrected chi connectivity index (χ4v) is 19.1. The van der Waals surface area contributed by atoms with Crippen molar-refractivity contribution in [1.82, 2.24) is 42.1 Å². The van der Waals surface area contributed by atoms with Crippen LogP contribution in [0.2, 0.25) is 0 Å². The summed E-state index contributed by atoms with van der Waals surface area (Å²) in [7, 11) is 4.43. The topological polar surface area (TPSA) is 666 Å². The number of hydrogen-bond acceptors (Lipinski definition) is 44. The Morgan fingerprint density at radius 3 is 1.63 bits per heavy atom. The molecule has 13 rings (SSSR count). The summed E-state index contributed by atoms with van der Waals surface area (Å²) in [6, 6.07) is 3.93. The van der Waals surface area contributed by atoms with Crippen molar-refractivity contribution in [3.63, 3.8) is 0 Å². The Bertz CT molecular complexity index is 4860. The molecule has 3 aromatic carbocycles. The first-order valence-corrected chi connectivity index (χ1v) is 50.6. The van der Waals surface area contributed by atoms with Crippen molar-refractivity contribution in [2.24, 2.45) is 5.73 Å². The van der Waals surface area contributed by atoms with Crippen LogP contribution in [0.15, 0.2) is 36.4 Å². The van der Waals surface area contributed by atoms with Crippen LogP contribution in [0.5, 0.6) is 23.0 Å². The molecule has 0 radical (unpaired) electrons. The molecule has 0 bridgehead atoms. The third-order valence-corrected chi connectivity index (χ3v) is 26.6. The number of rotatable bonds is 66. The summed E-state index contributed by atoms with van der Waals surface area (Å²) in [6.07, 6.45) is -20.8. The second-order valence-electron chi connectivity index (χ2n) is 36.9. The molecule has 52 nitrogen and oxygen atoms in total. The first-order chi connectivity index (χ1) is 72.7. The molecule has 3 aromatic rings. The lowest BCUT2D eigenvalue weighted by atomic mass is 9.72. The summed E-state index contributed by atoms with van der Waals surface area (Å²) in [4.78, 5) is 139. The lowest BCUT2D eigenvalue weighted by Gasteiger charge is -2.43. The van der Waals surface area contributed by atoms with E-state index in [-0.39, 0.29) is 174 Å². The van der Waals surface area contributed by atoms with Crippen LogP contribution in [0.4, 0.5) is 4.79 Å². The van der Waals surface area contributed by atoms with Crippen molar-refractivity contribution >= 4 is 59.1 Å². The van der Waals surface area contributed by atoms with E-state index in [1.165, 1.54) is 50.6 Å². The fraction of sp³-hybridized carbons (Fsp3) is 0.714. The fourth-order valence-electron chi connectivity index (χ4n) is 19.1. The highest BCUT2D eigenvalue weighted by Crippen LogP contribution is 2.54. The van der Waals surface area contributed by atoms with Crippen LogP contribution in [0.3, 0.4) is 0 Å². The van der Waals surface area contributed by atoms with Gasteiger partial charge in [-0.25, -0.2) is 9.59 Å². The number of ketones is 2. The molecule has 150 heavy (non-hydrogen) atoms. The van der Waals surface area contributed by atoms with Crippen LogP contribution in [0, 0.1) is 0 Å². The lowest BCUT2D eigenvalue weighted by Crippen LogP contribution is -2.61. The number of hydrogen-bond donors (Lipinski definition) is 15. The van der Waals surface area contributed by atoms with Crippen LogP contribution in [0.1, 0.15) is 118 Å². The highest BCUT2D eigenvalue weighted by Gasteiger charge is 2.58. The van der Waals surface area contributed by atoms with Gasteiger partial charge in [-0.15, -0.1) is 0 Å². The van der Waals surface area contributed by atoms with Crippen molar-refractivity contribution in [1.29, 1.82) is 0 Å². The number of nitrogens with zero attached hydrogens (tertiary/aromatic N) is 1. The molecule has 8 fully saturated rings. The van der Waals surface area contributed by atoms with Gasteiger partial charge in [-0.1, -0.05) is 18.2 Å². The van der Waals surface area contributed by atoms with Crippen molar-refractivity contribution in [2.75, 3.05) is 239 Å². The summed E-state index contributed by atoms with van der Waals surface area (Å²) in [5.41, 5.74) is 1.58. The molecular weight excluding hydrogens is 1990 g/mol. The quantitative estimate of drug-likeness (QED) is 0.0149. The van der Waals surface area contributed by atoms with Crippen LogP contribution in [-0.4, -0.2) is 467 Å². The predicted molar refractivity (Wildman–Crippen MR) is 510 cm³/mol. The third-order valence-electron chi connectivity index (χ3n) is 26.6. The number of aliphatic hydroxyl groups excluding tert-OH is 3. The number of carbonyl (C=O) groups is 10. The molecule has 16 N–H and O–H groups in total. The number of methoxy groups -OCH3 is 3. The van der Waals surface area contributed by atoms with Crippen molar-refractivity contribution < 1.29 is 207 Å². The number of ether oxygens (including phenoxy) is 26. The summed E-state index contributed by atoms with van der Waals surface area (Å²) in [5, 5.41) is 98.9. The van der Waals surface area contributed by atoms with E-state index in [1.807, 2.05) is 0 Å². The number of aliphatic hydroxyl groups is 4. The molecule has 0 spiro atoms. The van der Waals surface area contributed by atoms with Crippen LogP contribution < -0.4 is 52.4 Å². The number of nitrogens with two attached hydrogens (primary N) is 1. The normalized spacial score (nSPS) is 27.2. The van der Waals surface area contributed by atoms with E-state index < -0.39 is 230 Å². The summed E-state index contributed by atoms with van der Waals surface area (Å²) >= 11 is 0. The van der Waals surface area contributed by atoms with Crippen molar-refractivity contribution in [3.05, 3.63) is 80.9 Å². The summed E-state index contributed by atoms with van der Waals surface area (Å²) < 4.78 is 149. The molecular formula is C98H143N9O43. The molecule has 838 valence electrons. The standard InChI is InChI=1S/C98H143N9O43/c1-55-85-65(107-18-22-140-95(127-4)92(107)149-85)46-73(146-55)147-68-48-98(124,47-59-75(68)81(115)77-76(79(59)113)78(112)58-7-5-9-67(126-3)74(58)80(77)114)96(122)105-63-53-143-89-64(54-144-88(63)89)106-97(123)145-50-56-11-12-66(148-94-84(118)82(116)83(117)90(150-94)93(120)121)57(45-56)49-101-69(108)13-17-100-91(119)60(102-71(110)14-19-128-21-16-99)8-6-10-70(109)103-61-51-141-87-62(52-142-86(61)87)104-72(111)15-20-129-25-26-131-29-30-133-33-34-135-37-38-137-41-42-139-44-43-138-40-39-136-36-35-134-32-31-132-28-27-130-24-23-125-2/h5,7,9,11-12,45,55,60-65,68,73,82-90,92,94-95,113,115-118,124H,6,8,10,13-44,46-54,99H2,1-4H3,(H,100,119)(H,101,108)(H,102,110)(H,103,109)(H,104,111)(H,105,122)(H,106,123)(H,120,121)/t55-,60-,61-,62-,63-,64-,65-,68-,73-,82-,83-,84+,85+,86+,87+,88+,89+,90-,92+,94+,95-,98-/m0/s1. The number of carboxylic acids is 1. The number of carbonyl (C=O) groups excluding carboxylic acids is 9. The highest BCUT2D eigenvalue weighted by atomic mass is 16.7. The number of alkyl carbamates (subject to hydrolysis) is 1. The summed E-state index contributed by atoms with van der Waals surface area (Å²) in [5.74, 6) is -8.67. The minimum Gasteiger partial charge on any atom is -0.507 e. The zero-order chi connectivity index (χ0) is 107. The molecule has 2 aliphatic carbocycles. The Morgan fingerprint density at radius 1 is 0.540 bits per heavy atom. The van der Waals surface area contributed by atoms with Crippen LogP contribution >= 0.6 is 0 Å². The Kier molecular flexibility index (Phi) is 47.0. The Hall–Kier alpha value is -9.40. The van der Waals surface area contributed by atoms with E-state index >= 15 is 0 Å². The number of fused-ring (bicyclic) bond motifs is 8. The zero-order valence-electron chi connectivity index (χ0n) is 84.6. The molecule has 10 aliphatic rings. The maximum atomic E-state index is 15.0. The molecule has 0 unspecified atom stereocenters. The molecule has 8 heterocycles. The van der Waals surface area contributed by atoms with Gasteiger partial charge in [0.05, 0.1) is 258 Å². The molecule has 0 aromatic heterocycles. The van der Waals surface area contributed by atoms with Gasteiger partial charge in [0, 0.05) is 114 Å². The SMILES string of the molecule is COCCOCCOCCOCCOCCOCCOCCOCCOCCOCCOCCOCCC(=O)N[C@H]1CO[C@H]2[C@@H]1OC[C@@H]2NC(=O)CCC[C@H](NC(=O)CCOCCN)C(=O)NCCC(=O)NCc1cc(COC(=O)N[C@H]2CO[C@H]3[C@@H]2OC[C@@H]3NC(=O)[C@]2(O)Cc3c(O)c4c(c(O)c3[C@@H](O[C@H]3C[C@H]5[C@H](O[C@@H]6[C@@H](OC)OCCN65)[C@H](C)O3)C2)C(=O)c2c(OC)cccc2C4=O)ccc1O[C@@H]1O[C@H](C(=O)O)[C@@H](O)[C@H](O)[C@H]1O. The number of benzene rings is 3.